The molecule has 1 atom stereocenters. The minimum absolute atomic E-state index is 0.337. The Kier molecular flexibility index (Phi) is 2.52. The number of rotatable bonds is 0. The topological polar surface area (TPSA) is 31.9 Å². The smallest absolute Gasteiger partial charge is 0.0693 e. The van der Waals surface area contributed by atoms with Crippen molar-refractivity contribution in [2.75, 3.05) is 6.54 Å². The predicted molar refractivity (Wildman–Crippen MR) is 88.4 cm³/mol. The molecule has 1 aromatic carbocycles. The second kappa shape index (κ2) is 4.55. The van der Waals surface area contributed by atoms with E-state index < -0.39 is 0 Å². The lowest BCUT2D eigenvalue weighted by Gasteiger charge is -2.33. The number of benzene rings is 1. The average molecular weight is 287 g/mol. The van der Waals surface area contributed by atoms with Gasteiger partial charge in [0.1, 0.15) is 0 Å². The van der Waals surface area contributed by atoms with Crippen molar-refractivity contribution in [3.8, 4) is 0 Å². The highest BCUT2D eigenvalue weighted by Crippen LogP contribution is 2.37. The van der Waals surface area contributed by atoms with Gasteiger partial charge >= 0.3 is 0 Å². The van der Waals surface area contributed by atoms with Gasteiger partial charge < -0.3 is 4.98 Å². The van der Waals surface area contributed by atoms with Gasteiger partial charge in [0.25, 0.3) is 0 Å². The third kappa shape index (κ3) is 1.69. The number of para-hydroxylation sites is 1. The molecule has 0 bridgehead atoms. The molecule has 0 aliphatic carbocycles. The first kappa shape index (κ1) is 12.2. The summed E-state index contributed by atoms with van der Waals surface area (Å²) in [5.74, 6) is 0. The van der Waals surface area contributed by atoms with E-state index in [1.165, 1.54) is 33.3 Å². The van der Waals surface area contributed by atoms with Crippen LogP contribution in [0.25, 0.3) is 17.0 Å². The van der Waals surface area contributed by atoms with E-state index in [1.54, 1.807) is 0 Å². The third-order valence-corrected chi connectivity index (χ3v) is 4.96. The molecule has 0 saturated carbocycles. The SMILES string of the molecule is C1=CC2c3[nH]c4ccccc4c3CCN2Cc2cnccc21. The van der Waals surface area contributed by atoms with Crippen molar-refractivity contribution in [3.05, 3.63) is 71.2 Å². The molecule has 4 heterocycles. The molecule has 1 N–H and O–H groups in total. The largest absolute Gasteiger partial charge is 0.357 e. The van der Waals surface area contributed by atoms with Gasteiger partial charge in [-0.15, -0.1) is 0 Å². The van der Waals surface area contributed by atoms with Crippen LogP contribution in [0.4, 0.5) is 0 Å². The van der Waals surface area contributed by atoms with Crippen molar-refractivity contribution < 1.29 is 0 Å². The number of aromatic nitrogens is 2. The van der Waals surface area contributed by atoms with Crippen molar-refractivity contribution in [3.63, 3.8) is 0 Å². The Balaban J connectivity index is 1.66. The minimum atomic E-state index is 0.337. The molecule has 108 valence electrons. The van der Waals surface area contributed by atoms with Gasteiger partial charge in [-0.2, -0.15) is 0 Å². The number of hydrogen-bond donors (Lipinski definition) is 1. The fraction of sp³-hybridized carbons (Fsp3) is 0.211. The van der Waals surface area contributed by atoms with Crippen molar-refractivity contribution in [2.24, 2.45) is 0 Å². The second-order valence-electron chi connectivity index (χ2n) is 6.16. The second-order valence-corrected chi connectivity index (χ2v) is 6.16. The highest BCUT2D eigenvalue weighted by atomic mass is 15.2. The van der Waals surface area contributed by atoms with Gasteiger partial charge in [-0.25, -0.2) is 0 Å². The zero-order valence-electron chi connectivity index (χ0n) is 12.3. The number of pyridine rings is 1. The number of hydrogen-bond acceptors (Lipinski definition) is 2. The molecule has 1 unspecified atom stereocenters. The maximum atomic E-state index is 4.29. The molecule has 5 rings (SSSR count). The van der Waals surface area contributed by atoms with Crippen LogP contribution in [0.5, 0.6) is 0 Å². The van der Waals surface area contributed by atoms with Gasteiger partial charge in [0.2, 0.25) is 0 Å². The van der Waals surface area contributed by atoms with Crippen LogP contribution in [-0.2, 0) is 13.0 Å². The van der Waals surface area contributed by atoms with Gasteiger partial charge in [0.05, 0.1) is 6.04 Å². The Bertz CT molecular complexity index is 891. The summed E-state index contributed by atoms with van der Waals surface area (Å²) in [4.78, 5) is 10.5. The molecule has 2 aliphatic heterocycles. The third-order valence-electron chi connectivity index (χ3n) is 4.96. The van der Waals surface area contributed by atoms with E-state index in [4.69, 9.17) is 0 Å². The number of nitrogens with zero attached hydrogens (tertiary/aromatic N) is 2. The average Bonchev–Trinajstić information content (AvgIpc) is 2.82. The number of aromatic amines is 1. The van der Waals surface area contributed by atoms with Crippen LogP contribution in [0.1, 0.15) is 28.4 Å². The van der Waals surface area contributed by atoms with Crippen LogP contribution in [0.3, 0.4) is 0 Å². The van der Waals surface area contributed by atoms with E-state index in [0.717, 1.165) is 19.5 Å². The Morgan fingerprint density at radius 1 is 1.18 bits per heavy atom. The zero-order valence-corrected chi connectivity index (χ0v) is 12.3. The number of fused-ring (bicyclic) bond motifs is 6. The van der Waals surface area contributed by atoms with Gasteiger partial charge in [0, 0.05) is 42.1 Å². The summed E-state index contributed by atoms with van der Waals surface area (Å²) in [5.41, 5.74) is 6.73. The quantitative estimate of drug-likeness (QED) is 0.684. The number of nitrogens with one attached hydrogen (secondary N) is 1. The molecular formula is C19H17N3. The van der Waals surface area contributed by atoms with Crippen molar-refractivity contribution in [1.82, 2.24) is 14.9 Å². The van der Waals surface area contributed by atoms with E-state index in [-0.39, 0.29) is 0 Å². The van der Waals surface area contributed by atoms with E-state index >= 15 is 0 Å². The van der Waals surface area contributed by atoms with Gasteiger partial charge in [-0.05, 0) is 35.2 Å². The molecular weight excluding hydrogens is 270 g/mol. The summed E-state index contributed by atoms with van der Waals surface area (Å²) in [6, 6.07) is 11.1. The fourth-order valence-electron chi connectivity index (χ4n) is 3.86. The van der Waals surface area contributed by atoms with E-state index in [9.17, 15) is 0 Å². The summed E-state index contributed by atoms with van der Waals surface area (Å²) in [6.45, 7) is 2.06. The van der Waals surface area contributed by atoms with Crippen molar-refractivity contribution >= 4 is 17.0 Å². The molecule has 3 nitrogen and oxygen atoms in total. The first-order valence-corrected chi connectivity index (χ1v) is 7.85. The lowest BCUT2D eigenvalue weighted by Crippen LogP contribution is -2.33. The minimum Gasteiger partial charge on any atom is -0.357 e. The molecule has 0 fully saturated rings. The van der Waals surface area contributed by atoms with Crippen molar-refractivity contribution in [2.45, 2.75) is 19.0 Å². The van der Waals surface area contributed by atoms with E-state index in [0.29, 0.717) is 6.04 Å². The van der Waals surface area contributed by atoms with Crippen molar-refractivity contribution in [1.29, 1.82) is 0 Å². The van der Waals surface area contributed by atoms with Crippen LogP contribution in [0.15, 0.2) is 48.8 Å². The lowest BCUT2D eigenvalue weighted by molar-refractivity contribution is 0.209. The molecule has 3 heteroatoms. The Hall–Kier alpha value is -2.39. The predicted octanol–water partition coefficient (Wildman–Crippen LogP) is 3.69. The maximum Gasteiger partial charge on any atom is 0.0693 e. The summed E-state index contributed by atoms with van der Waals surface area (Å²) in [6.07, 6.45) is 9.57. The molecule has 0 amide bonds. The highest BCUT2D eigenvalue weighted by Gasteiger charge is 2.30. The van der Waals surface area contributed by atoms with Crippen LogP contribution in [0, 0.1) is 0 Å². The Morgan fingerprint density at radius 2 is 2.14 bits per heavy atom. The van der Waals surface area contributed by atoms with Crippen LogP contribution >= 0.6 is 0 Å². The lowest BCUT2D eigenvalue weighted by atomic mass is 9.97. The standard InChI is InChI=1S/C19H17N3/c1-2-4-17-15(3-1)16-8-10-22-12-14-11-20-9-7-13(14)5-6-18(22)19(16)21-17/h1-7,9,11,18,21H,8,10,12H2. The van der Waals surface area contributed by atoms with E-state index in [1.807, 2.05) is 12.4 Å². The number of H-pyrrole nitrogens is 1. The molecule has 22 heavy (non-hydrogen) atoms. The summed E-state index contributed by atoms with van der Waals surface area (Å²) in [5, 5.41) is 1.38. The zero-order chi connectivity index (χ0) is 14.5. The van der Waals surface area contributed by atoms with Gasteiger partial charge in [-0.3, -0.25) is 9.88 Å². The highest BCUT2D eigenvalue weighted by molar-refractivity contribution is 5.85. The summed E-state index contributed by atoms with van der Waals surface area (Å²) in [7, 11) is 0. The molecule has 2 aliphatic rings. The first-order valence-electron chi connectivity index (χ1n) is 7.85. The first-order chi connectivity index (χ1) is 10.9. The molecule has 0 saturated heterocycles. The van der Waals surface area contributed by atoms with Gasteiger partial charge in [0.15, 0.2) is 0 Å². The Labute approximate surface area is 129 Å². The van der Waals surface area contributed by atoms with Crippen LogP contribution in [-0.4, -0.2) is 21.4 Å². The van der Waals surface area contributed by atoms with Gasteiger partial charge in [-0.1, -0.05) is 30.4 Å². The normalized spacial score (nSPS) is 20.3. The maximum absolute atomic E-state index is 4.29. The van der Waals surface area contributed by atoms with Crippen LogP contribution < -0.4 is 0 Å². The summed E-state index contributed by atoms with van der Waals surface area (Å²) < 4.78 is 0. The van der Waals surface area contributed by atoms with Crippen LogP contribution in [0.2, 0.25) is 0 Å². The van der Waals surface area contributed by atoms with E-state index in [2.05, 4.69) is 57.4 Å². The monoisotopic (exact) mass is 287 g/mol. The summed E-state index contributed by atoms with van der Waals surface area (Å²) >= 11 is 0. The fourth-order valence-corrected chi connectivity index (χ4v) is 3.86. The molecule has 3 aromatic rings. The molecule has 2 aromatic heterocycles. The molecule has 0 spiro atoms. The molecule has 0 radical (unpaired) electrons. The Morgan fingerprint density at radius 3 is 3.14 bits per heavy atom.